The summed E-state index contributed by atoms with van der Waals surface area (Å²) >= 11 is 0. The summed E-state index contributed by atoms with van der Waals surface area (Å²) < 4.78 is 5.17. The number of hydrogen-bond donors (Lipinski definition) is 0. The van der Waals surface area contributed by atoms with Gasteiger partial charge in [0.25, 0.3) is 0 Å². The van der Waals surface area contributed by atoms with Crippen molar-refractivity contribution >= 4 is 11.8 Å². The minimum Gasteiger partial charge on any atom is -0.383 e. The maximum absolute atomic E-state index is 13.1. The summed E-state index contributed by atoms with van der Waals surface area (Å²) in [6.07, 6.45) is 6.69. The number of likely N-dealkylation sites (tertiary alicyclic amines) is 1. The molecule has 0 radical (unpaired) electrons. The maximum atomic E-state index is 13.1. The Bertz CT molecular complexity index is 640. The van der Waals surface area contributed by atoms with Crippen molar-refractivity contribution in [3.05, 3.63) is 30.1 Å². The lowest BCUT2D eigenvalue weighted by atomic mass is 9.96. The topological polar surface area (TPSA) is 66.0 Å². The zero-order chi connectivity index (χ0) is 19.8. The third-order valence-corrected chi connectivity index (χ3v) is 5.73. The van der Waals surface area contributed by atoms with Crippen LogP contribution in [0.1, 0.15) is 24.8 Å². The van der Waals surface area contributed by atoms with Gasteiger partial charge in [0.05, 0.1) is 18.9 Å². The van der Waals surface area contributed by atoms with Gasteiger partial charge in [-0.15, -0.1) is 0 Å². The van der Waals surface area contributed by atoms with Crippen LogP contribution in [0.15, 0.2) is 24.5 Å². The van der Waals surface area contributed by atoms with Crippen LogP contribution in [0.5, 0.6) is 0 Å². The summed E-state index contributed by atoms with van der Waals surface area (Å²) in [5.41, 5.74) is 0.982. The minimum absolute atomic E-state index is 0.0738. The number of carbonyl (C=O) groups excluding carboxylic acids is 2. The average molecular weight is 389 g/mol. The van der Waals surface area contributed by atoms with E-state index in [9.17, 15) is 9.59 Å². The normalized spacial score (nSPS) is 21.4. The Kier molecular flexibility index (Phi) is 7.80. The van der Waals surface area contributed by atoms with Gasteiger partial charge in [-0.05, 0) is 43.5 Å². The predicted octanol–water partition coefficient (Wildman–Crippen LogP) is 1.04. The Morgan fingerprint density at radius 1 is 1.07 bits per heavy atom. The fourth-order valence-corrected chi connectivity index (χ4v) is 4.11. The molecule has 0 saturated carbocycles. The molecule has 0 aliphatic carbocycles. The molecule has 7 nitrogen and oxygen atoms in total. The van der Waals surface area contributed by atoms with Crippen molar-refractivity contribution in [1.82, 2.24) is 19.7 Å². The van der Waals surface area contributed by atoms with E-state index in [1.807, 2.05) is 21.9 Å². The van der Waals surface area contributed by atoms with E-state index in [1.54, 1.807) is 19.5 Å². The number of carbonyl (C=O) groups is 2. The second kappa shape index (κ2) is 10.5. The highest BCUT2D eigenvalue weighted by atomic mass is 16.5. The highest BCUT2D eigenvalue weighted by Crippen LogP contribution is 2.20. The molecule has 28 heavy (non-hydrogen) atoms. The number of nitrogens with zero attached hydrogens (tertiary/aromatic N) is 4. The fourth-order valence-electron chi connectivity index (χ4n) is 4.11. The summed E-state index contributed by atoms with van der Waals surface area (Å²) in [7, 11) is 1.71. The van der Waals surface area contributed by atoms with E-state index in [-0.39, 0.29) is 17.7 Å². The molecular weight excluding hydrogens is 356 g/mol. The third kappa shape index (κ3) is 5.75. The van der Waals surface area contributed by atoms with Crippen LogP contribution in [0.2, 0.25) is 0 Å². The van der Waals surface area contributed by atoms with Gasteiger partial charge in [0.1, 0.15) is 0 Å². The Morgan fingerprint density at radius 2 is 1.82 bits per heavy atom. The van der Waals surface area contributed by atoms with Gasteiger partial charge in [0.15, 0.2) is 0 Å². The quantitative estimate of drug-likeness (QED) is 0.729. The van der Waals surface area contributed by atoms with Gasteiger partial charge in [0, 0.05) is 58.8 Å². The van der Waals surface area contributed by atoms with Crippen molar-refractivity contribution < 1.29 is 14.3 Å². The maximum Gasteiger partial charge on any atom is 0.227 e. The first-order valence-electron chi connectivity index (χ1n) is 10.3. The highest BCUT2D eigenvalue weighted by molar-refractivity contribution is 5.80. The van der Waals surface area contributed by atoms with Gasteiger partial charge in [-0.1, -0.05) is 0 Å². The van der Waals surface area contributed by atoms with Crippen molar-refractivity contribution in [2.45, 2.75) is 25.7 Å². The molecule has 0 bridgehead atoms. The number of piperidine rings is 1. The Labute approximate surface area is 167 Å². The summed E-state index contributed by atoms with van der Waals surface area (Å²) in [6.45, 7) is 6.18. The van der Waals surface area contributed by atoms with Crippen LogP contribution in [0.4, 0.5) is 0 Å². The zero-order valence-electron chi connectivity index (χ0n) is 16.9. The molecule has 154 valence electrons. The molecule has 1 unspecified atom stereocenters. The van der Waals surface area contributed by atoms with Crippen molar-refractivity contribution in [3.63, 3.8) is 0 Å². The van der Waals surface area contributed by atoms with Crippen LogP contribution < -0.4 is 0 Å². The first-order chi connectivity index (χ1) is 13.7. The van der Waals surface area contributed by atoms with Crippen LogP contribution in [0.3, 0.4) is 0 Å². The third-order valence-electron chi connectivity index (χ3n) is 5.73. The van der Waals surface area contributed by atoms with Crippen LogP contribution in [-0.4, -0.2) is 91.0 Å². The van der Waals surface area contributed by atoms with Crippen molar-refractivity contribution in [2.24, 2.45) is 5.92 Å². The van der Waals surface area contributed by atoms with Crippen molar-refractivity contribution in [3.8, 4) is 0 Å². The first kappa shape index (κ1) is 20.7. The fraction of sp³-hybridized carbons (Fsp3) is 0.667. The van der Waals surface area contributed by atoms with Crippen molar-refractivity contribution in [1.29, 1.82) is 0 Å². The molecule has 0 N–H and O–H groups in total. The van der Waals surface area contributed by atoms with E-state index in [1.165, 1.54) is 0 Å². The summed E-state index contributed by atoms with van der Waals surface area (Å²) in [6, 6.07) is 3.76. The van der Waals surface area contributed by atoms with Gasteiger partial charge >= 0.3 is 0 Å². The number of methoxy groups -OCH3 is 1. The van der Waals surface area contributed by atoms with Crippen LogP contribution in [0, 0.1) is 5.92 Å². The number of rotatable bonds is 6. The lowest BCUT2D eigenvalue weighted by molar-refractivity contribution is -0.138. The van der Waals surface area contributed by atoms with Crippen LogP contribution >= 0.6 is 0 Å². The van der Waals surface area contributed by atoms with Gasteiger partial charge in [-0.3, -0.25) is 14.6 Å². The SMILES string of the molecule is COCCN1CCCC(C(=O)N2CCCN(C(=O)Cc3ccncc3)CC2)C1. The average Bonchev–Trinajstić information content (AvgIpc) is 2.99. The monoisotopic (exact) mass is 388 g/mol. The van der Waals surface area contributed by atoms with Gasteiger partial charge < -0.3 is 19.4 Å². The predicted molar refractivity (Wildman–Crippen MR) is 107 cm³/mol. The minimum atomic E-state index is 0.0738. The van der Waals surface area contributed by atoms with E-state index in [4.69, 9.17) is 4.74 Å². The van der Waals surface area contributed by atoms with E-state index < -0.39 is 0 Å². The van der Waals surface area contributed by atoms with E-state index in [0.29, 0.717) is 26.1 Å². The second-order valence-electron chi connectivity index (χ2n) is 7.72. The lowest BCUT2D eigenvalue weighted by Gasteiger charge is -2.34. The highest BCUT2D eigenvalue weighted by Gasteiger charge is 2.30. The van der Waals surface area contributed by atoms with Crippen molar-refractivity contribution in [2.75, 3.05) is 59.5 Å². The van der Waals surface area contributed by atoms with Crippen LogP contribution in [-0.2, 0) is 20.7 Å². The van der Waals surface area contributed by atoms with E-state index >= 15 is 0 Å². The summed E-state index contributed by atoms with van der Waals surface area (Å²) in [4.78, 5) is 35.9. The van der Waals surface area contributed by atoms with Gasteiger partial charge in [-0.25, -0.2) is 0 Å². The molecule has 0 spiro atoms. The number of aromatic nitrogens is 1. The van der Waals surface area contributed by atoms with Gasteiger partial charge in [0.2, 0.25) is 11.8 Å². The van der Waals surface area contributed by atoms with Crippen LogP contribution in [0.25, 0.3) is 0 Å². The molecule has 1 aromatic rings. The number of hydrogen-bond acceptors (Lipinski definition) is 5. The molecule has 1 atom stereocenters. The standard InChI is InChI=1S/C21H32N4O3/c1-28-15-14-23-9-2-4-19(17-23)21(27)25-11-3-10-24(12-13-25)20(26)16-18-5-7-22-8-6-18/h5-8,19H,2-4,9-17H2,1H3. The Morgan fingerprint density at radius 3 is 2.61 bits per heavy atom. The molecule has 2 saturated heterocycles. The molecule has 2 aliphatic heterocycles. The van der Waals surface area contributed by atoms with Gasteiger partial charge in [-0.2, -0.15) is 0 Å². The number of amides is 2. The smallest absolute Gasteiger partial charge is 0.227 e. The van der Waals surface area contributed by atoms with E-state index in [2.05, 4.69) is 9.88 Å². The number of ether oxygens (including phenoxy) is 1. The summed E-state index contributed by atoms with van der Waals surface area (Å²) in [5.74, 6) is 0.458. The molecule has 0 aromatic carbocycles. The molecular formula is C21H32N4O3. The molecule has 2 amide bonds. The lowest BCUT2D eigenvalue weighted by Crippen LogP contribution is -2.46. The molecule has 1 aromatic heterocycles. The number of pyridine rings is 1. The molecule has 3 rings (SSSR count). The molecule has 2 fully saturated rings. The Balaban J connectivity index is 1.50. The first-order valence-corrected chi connectivity index (χ1v) is 10.3. The summed E-state index contributed by atoms with van der Waals surface area (Å²) in [5, 5.41) is 0. The largest absolute Gasteiger partial charge is 0.383 e. The molecule has 3 heterocycles. The molecule has 7 heteroatoms. The second-order valence-corrected chi connectivity index (χ2v) is 7.72. The van der Waals surface area contributed by atoms with E-state index in [0.717, 1.165) is 57.5 Å². The molecule has 2 aliphatic rings. The Hall–Kier alpha value is -1.99. The zero-order valence-corrected chi connectivity index (χ0v) is 16.9.